The number of rotatable bonds is 4. The highest BCUT2D eigenvalue weighted by molar-refractivity contribution is 7.16. The van der Waals surface area contributed by atoms with E-state index in [-0.39, 0.29) is 11.7 Å². The Morgan fingerprint density at radius 3 is 2.74 bits per heavy atom. The van der Waals surface area contributed by atoms with Crippen molar-refractivity contribution in [2.45, 2.75) is 0 Å². The molecule has 0 bridgehead atoms. The van der Waals surface area contributed by atoms with Gasteiger partial charge in [0.2, 0.25) is 5.91 Å². The summed E-state index contributed by atoms with van der Waals surface area (Å²) in [6.45, 7) is 1.65. The minimum atomic E-state index is -0.360. The lowest BCUT2D eigenvalue weighted by molar-refractivity contribution is -0.120. The van der Waals surface area contributed by atoms with Gasteiger partial charge in [0, 0.05) is 47.3 Å². The second kappa shape index (κ2) is 8.72. The number of pyridine rings is 1. The van der Waals surface area contributed by atoms with E-state index in [4.69, 9.17) is 0 Å². The Morgan fingerprint density at radius 1 is 0.971 bits per heavy atom. The van der Waals surface area contributed by atoms with E-state index in [2.05, 4.69) is 15.3 Å². The number of halogens is 1. The molecule has 2 aromatic heterocycles. The van der Waals surface area contributed by atoms with Gasteiger partial charge in [0.15, 0.2) is 0 Å². The van der Waals surface area contributed by atoms with Crippen molar-refractivity contribution < 1.29 is 9.18 Å². The molecule has 3 heterocycles. The van der Waals surface area contributed by atoms with E-state index in [0.717, 1.165) is 44.6 Å². The lowest BCUT2D eigenvalue weighted by Gasteiger charge is -2.32. The third kappa shape index (κ3) is 4.11. The molecule has 1 aliphatic rings. The SMILES string of the molecule is CN1CCN(c2ccc(-c3ccc4nccc(Nc5ccc6scnc6c5)c4c3)c(F)c2)C(=O)C1. The second-order valence-corrected chi connectivity index (χ2v) is 9.58. The zero-order valence-electron chi connectivity index (χ0n) is 19.0. The average Bonchev–Trinajstić information content (AvgIpc) is 3.32. The maximum Gasteiger partial charge on any atom is 0.241 e. The fourth-order valence-electron chi connectivity index (χ4n) is 4.48. The monoisotopic (exact) mass is 483 g/mol. The normalized spacial score (nSPS) is 14.7. The van der Waals surface area contributed by atoms with Crippen LogP contribution < -0.4 is 10.2 Å². The second-order valence-electron chi connectivity index (χ2n) is 8.70. The minimum Gasteiger partial charge on any atom is -0.355 e. The number of nitrogens with zero attached hydrogens (tertiary/aromatic N) is 4. The van der Waals surface area contributed by atoms with E-state index in [0.29, 0.717) is 24.3 Å². The molecule has 0 spiro atoms. The summed E-state index contributed by atoms with van der Waals surface area (Å²) in [5, 5.41) is 4.36. The van der Waals surface area contributed by atoms with E-state index in [1.54, 1.807) is 28.5 Å². The number of aromatic nitrogens is 2. The van der Waals surface area contributed by atoms with Crippen LogP contribution in [0, 0.1) is 5.82 Å². The van der Waals surface area contributed by atoms with Crippen molar-refractivity contribution in [1.29, 1.82) is 0 Å². The van der Waals surface area contributed by atoms with Gasteiger partial charge in [-0.1, -0.05) is 6.07 Å². The molecule has 6 rings (SSSR count). The molecule has 174 valence electrons. The van der Waals surface area contributed by atoms with Crippen molar-refractivity contribution in [3.05, 3.63) is 78.2 Å². The lowest BCUT2D eigenvalue weighted by Crippen LogP contribution is -2.48. The van der Waals surface area contributed by atoms with Crippen LogP contribution in [0.5, 0.6) is 0 Å². The summed E-state index contributed by atoms with van der Waals surface area (Å²) >= 11 is 1.61. The Morgan fingerprint density at radius 2 is 1.89 bits per heavy atom. The number of carbonyl (C=O) groups excluding carboxylic acids is 1. The molecule has 0 saturated carbocycles. The van der Waals surface area contributed by atoms with Gasteiger partial charge in [0.1, 0.15) is 5.82 Å². The van der Waals surface area contributed by atoms with Crippen LogP contribution in [-0.2, 0) is 4.79 Å². The Balaban J connectivity index is 1.34. The van der Waals surface area contributed by atoms with Crippen molar-refractivity contribution in [2.24, 2.45) is 0 Å². The van der Waals surface area contributed by atoms with Crippen LogP contribution >= 0.6 is 11.3 Å². The smallest absolute Gasteiger partial charge is 0.241 e. The van der Waals surface area contributed by atoms with Crippen LogP contribution in [0.3, 0.4) is 0 Å². The predicted molar refractivity (Wildman–Crippen MR) is 140 cm³/mol. The standard InChI is InChI=1S/C27H22FN5OS/c1-32-10-11-33(27(34)15-32)19-4-5-20(22(28)14-19)17-2-6-23-21(12-17)24(8-9-29-23)31-18-3-7-26-25(13-18)30-16-35-26/h2-9,12-14,16H,10-11,15H2,1H3,(H,29,31). The van der Waals surface area contributed by atoms with Gasteiger partial charge < -0.3 is 10.2 Å². The summed E-state index contributed by atoms with van der Waals surface area (Å²) in [6.07, 6.45) is 1.76. The molecule has 6 nitrogen and oxygen atoms in total. The summed E-state index contributed by atoms with van der Waals surface area (Å²) in [5.41, 5.74) is 7.22. The lowest BCUT2D eigenvalue weighted by atomic mass is 10.0. The molecule has 3 aromatic carbocycles. The van der Waals surface area contributed by atoms with E-state index < -0.39 is 0 Å². The summed E-state index contributed by atoms with van der Waals surface area (Å²) in [4.78, 5) is 24.9. The number of thiazole rings is 1. The number of likely N-dealkylation sites (N-methyl/N-ethyl adjacent to an activating group) is 1. The minimum absolute atomic E-state index is 0.0192. The zero-order valence-corrected chi connectivity index (χ0v) is 19.8. The largest absolute Gasteiger partial charge is 0.355 e. The number of fused-ring (bicyclic) bond motifs is 2. The van der Waals surface area contributed by atoms with Crippen LogP contribution in [-0.4, -0.2) is 47.5 Å². The van der Waals surface area contributed by atoms with E-state index in [9.17, 15) is 4.79 Å². The molecule has 5 aromatic rings. The van der Waals surface area contributed by atoms with Crippen LogP contribution in [0.15, 0.2) is 72.4 Å². The predicted octanol–water partition coefficient (Wildman–Crippen LogP) is 5.67. The molecule has 35 heavy (non-hydrogen) atoms. The number of carbonyl (C=O) groups is 1. The van der Waals surface area contributed by atoms with Crippen molar-refractivity contribution >= 4 is 55.4 Å². The highest BCUT2D eigenvalue weighted by Gasteiger charge is 2.23. The first kappa shape index (κ1) is 21.6. The van der Waals surface area contributed by atoms with Gasteiger partial charge in [0.05, 0.1) is 27.8 Å². The highest BCUT2D eigenvalue weighted by atomic mass is 32.1. The van der Waals surface area contributed by atoms with Crippen LogP contribution in [0.4, 0.5) is 21.5 Å². The van der Waals surface area contributed by atoms with Crippen molar-refractivity contribution in [3.8, 4) is 11.1 Å². The first-order valence-electron chi connectivity index (χ1n) is 11.3. The Hall–Kier alpha value is -3.88. The van der Waals surface area contributed by atoms with E-state index in [1.165, 1.54) is 6.07 Å². The van der Waals surface area contributed by atoms with Gasteiger partial charge >= 0.3 is 0 Å². The molecule has 1 aliphatic heterocycles. The molecule has 1 N–H and O–H groups in total. The molecule has 0 radical (unpaired) electrons. The number of amides is 1. The van der Waals surface area contributed by atoms with Gasteiger partial charge in [-0.3, -0.25) is 14.7 Å². The molecule has 0 unspecified atom stereocenters. The van der Waals surface area contributed by atoms with Gasteiger partial charge in [-0.15, -0.1) is 11.3 Å². The molecule has 8 heteroatoms. The van der Waals surface area contributed by atoms with Crippen LogP contribution in [0.25, 0.3) is 32.2 Å². The first-order valence-corrected chi connectivity index (χ1v) is 12.2. The molecule has 0 aliphatic carbocycles. The average molecular weight is 484 g/mol. The fraction of sp³-hybridized carbons (Fsp3) is 0.148. The number of anilines is 3. The summed E-state index contributed by atoms with van der Waals surface area (Å²) in [6, 6.07) is 18.7. The van der Waals surface area contributed by atoms with Gasteiger partial charge in [0.25, 0.3) is 0 Å². The van der Waals surface area contributed by atoms with Gasteiger partial charge in [-0.05, 0) is 67.2 Å². The van der Waals surface area contributed by atoms with Crippen molar-refractivity contribution in [3.63, 3.8) is 0 Å². The maximum absolute atomic E-state index is 15.3. The molecular formula is C27H22FN5OS. The Bertz CT molecular complexity index is 1580. The Kier molecular flexibility index (Phi) is 5.39. The third-order valence-electron chi connectivity index (χ3n) is 6.34. The van der Waals surface area contributed by atoms with E-state index >= 15 is 4.39 Å². The first-order chi connectivity index (χ1) is 17.0. The van der Waals surface area contributed by atoms with Crippen molar-refractivity contribution in [2.75, 3.05) is 36.9 Å². The number of hydrogen-bond donors (Lipinski definition) is 1. The highest BCUT2D eigenvalue weighted by Crippen LogP contribution is 2.33. The van der Waals surface area contributed by atoms with Crippen LogP contribution in [0.1, 0.15) is 0 Å². The number of piperazine rings is 1. The topological polar surface area (TPSA) is 61.4 Å². The number of nitrogens with one attached hydrogen (secondary N) is 1. The number of benzene rings is 3. The summed E-state index contributed by atoms with van der Waals surface area (Å²) < 4.78 is 16.4. The zero-order chi connectivity index (χ0) is 23.9. The summed E-state index contributed by atoms with van der Waals surface area (Å²) in [7, 11) is 1.91. The van der Waals surface area contributed by atoms with Crippen LogP contribution in [0.2, 0.25) is 0 Å². The quantitative estimate of drug-likeness (QED) is 0.357. The molecule has 0 atom stereocenters. The maximum atomic E-state index is 15.3. The molecule has 1 amide bonds. The molecular weight excluding hydrogens is 461 g/mol. The molecule has 1 saturated heterocycles. The van der Waals surface area contributed by atoms with Gasteiger partial charge in [-0.25, -0.2) is 9.37 Å². The third-order valence-corrected chi connectivity index (χ3v) is 7.15. The Labute approximate surface area is 205 Å². The van der Waals surface area contributed by atoms with E-state index in [1.807, 2.05) is 66.0 Å². The summed E-state index contributed by atoms with van der Waals surface area (Å²) in [5.74, 6) is -0.379. The van der Waals surface area contributed by atoms with Crippen molar-refractivity contribution in [1.82, 2.24) is 14.9 Å². The number of hydrogen-bond acceptors (Lipinski definition) is 6. The van der Waals surface area contributed by atoms with Gasteiger partial charge in [-0.2, -0.15) is 0 Å². The molecule has 1 fully saturated rings. The fourth-order valence-corrected chi connectivity index (χ4v) is 5.14.